The van der Waals surface area contributed by atoms with Gasteiger partial charge < -0.3 is 10.6 Å². The summed E-state index contributed by atoms with van der Waals surface area (Å²) in [5, 5.41) is 8.37. The topological polar surface area (TPSA) is 64.7 Å². The highest BCUT2D eigenvalue weighted by atomic mass is 32.2. The van der Waals surface area contributed by atoms with Crippen LogP contribution in [0.25, 0.3) is 10.8 Å². The van der Waals surface area contributed by atoms with Crippen molar-refractivity contribution >= 4 is 20.8 Å². The van der Waals surface area contributed by atoms with Crippen LogP contribution < -0.4 is 10.6 Å². The molecule has 2 aromatic rings. The summed E-state index contributed by atoms with van der Waals surface area (Å²) in [5.41, 5.74) is 1.13. The van der Waals surface area contributed by atoms with E-state index in [1.54, 1.807) is 10.4 Å². The third kappa shape index (κ3) is 3.73. The Bertz CT molecular complexity index is 954. The predicted octanol–water partition coefficient (Wildman–Crippen LogP) is 1.56. The standard InChI is InChI=1S/C21H27N4O2S/c1-2-4-17-7-8-19-18(15-17)5-3-6-20(19)28(26,27)25-14-11-23-16-21(25)24-12-9-22-10-13-24/h2-3,5-8,15,22-23H,1,4,9-14,16H2. The van der Waals surface area contributed by atoms with Crippen LogP contribution in [0.4, 0.5) is 0 Å². The largest absolute Gasteiger partial charge is 0.314 e. The summed E-state index contributed by atoms with van der Waals surface area (Å²) in [6.07, 6.45) is 3.48. The second-order valence-electron chi connectivity index (χ2n) is 7.21. The zero-order valence-electron chi connectivity index (χ0n) is 16.0. The van der Waals surface area contributed by atoms with Crippen LogP contribution >= 0.6 is 0 Å². The minimum Gasteiger partial charge on any atom is -0.314 e. The Kier molecular flexibility index (Phi) is 5.80. The van der Waals surface area contributed by atoms with Gasteiger partial charge in [-0.25, -0.2) is 8.42 Å². The van der Waals surface area contributed by atoms with Gasteiger partial charge in [-0.1, -0.05) is 36.4 Å². The molecule has 2 fully saturated rings. The van der Waals surface area contributed by atoms with Gasteiger partial charge in [-0.05, 0) is 23.4 Å². The molecule has 2 saturated heterocycles. The average molecular weight is 400 g/mol. The molecule has 2 N–H and O–H groups in total. The lowest BCUT2D eigenvalue weighted by Gasteiger charge is -2.42. The molecule has 0 unspecified atom stereocenters. The van der Waals surface area contributed by atoms with Crippen LogP contribution in [0.3, 0.4) is 0 Å². The Labute approximate surface area is 167 Å². The number of allylic oxidation sites excluding steroid dienone is 1. The summed E-state index contributed by atoms with van der Waals surface area (Å²) in [5.74, 6) is 0. The van der Waals surface area contributed by atoms with Crippen molar-refractivity contribution in [2.45, 2.75) is 11.3 Å². The highest BCUT2D eigenvalue weighted by molar-refractivity contribution is 7.89. The second-order valence-corrected chi connectivity index (χ2v) is 9.04. The first-order valence-electron chi connectivity index (χ1n) is 9.79. The summed E-state index contributed by atoms with van der Waals surface area (Å²) in [6, 6.07) is 11.5. The van der Waals surface area contributed by atoms with E-state index in [0.29, 0.717) is 24.5 Å². The SMILES string of the molecule is C=CCc1ccc2c(S(=O)(=O)N3CCNC[C]3N3CCNCC3)cccc2c1. The fraction of sp³-hybridized carbons (Fsp3) is 0.381. The fourth-order valence-corrected chi connectivity index (χ4v) is 5.73. The van der Waals surface area contributed by atoms with Crippen molar-refractivity contribution in [3.63, 3.8) is 0 Å². The van der Waals surface area contributed by atoms with E-state index in [-0.39, 0.29) is 0 Å². The number of hydrogen-bond donors (Lipinski definition) is 2. The Balaban J connectivity index is 1.72. The van der Waals surface area contributed by atoms with Crippen LogP contribution in [-0.4, -0.2) is 63.4 Å². The van der Waals surface area contributed by atoms with Crippen molar-refractivity contribution in [1.82, 2.24) is 19.8 Å². The van der Waals surface area contributed by atoms with Crippen molar-refractivity contribution in [2.75, 3.05) is 45.8 Å². The molecular weight excluding hydrogens is 372 g/mol. The van der Waals surface area contributed by atoms with Gasteiger partial charge in [0.15, 0.2) is 0 Å². The normalized spacial score (nSPS) is 20.4. The van der Waals surface area contributed by atoms with Gasteiger partial charge in [0, 0.05) is 51.2 Å². The zero-order valence-corrected chi connectivity index (χ0v) is 16.8. The number of rotatable bonds is 5. The zero-order chi connectivity index (χ0) is 19.6. The van der Waals surface area contributed by atoms with E-state index in [4.69, 9.17) is 0 Å². The molecule has 6 nitrogen and oxygen atoms in total. The lowest BCUT2D eigenvalue weighted by molar-refractivity contribution is 0.154. The van der Waals surface area contributed by atoms with Crippen LogP contribution in [-0.2, 0) is 16.4 Å². The molecule has 0 bridgehead atoms. The van der Waals surface area contributed by atoms with Crippen molar-refractivity contribution < 1.29 is 8.42 Å². The summed E-state index contributed by atoms with van der Waals surface area (Å²) >= 11 is 0. The summed E-state index contributed by atoms with van der Waals surface area (Å²) in [4.78, 5) is 2.57. The third-order valence-electron chi connectivity index (χ3n) is 5.40. The number of hydrogen-bond acceptors (Lipinski definition) is 5. The third-order valence-corrected chi connectivity index (χ3v) is 7.28. The molecule has 2 heterocycles. The van der Waals surface area contributed by atoms with E-state index in [1.165, 1.54) is 0 Å². The van der Waals surface area contributed by atoms with Crippen LogP contribution in [0.5, 0.6) is 0 Å². The Hall–Kier alpha value is -1.77. The quantitative estimate of drug-likeness (QED) is 0.747. The number of nitrogens with zero attached hydrogens (tertiary/aromatic N) is 2. The lowest BCUT2D eigenvalue weighted by Crippen LogP contribution is -2.58. The van der Waals surface area contributed by atoms with E-state index in [0.717, 1.165) is 55.1 Å². The molecule has 149 valence electrons. The number of benzene rings is 2. The molecule has 0 atom stereocenters. The van der Waals surface area contributed by atoms with Gasteiger partial charge in [0.25, 0.3) is 0 Å². The molecule has 2 aliphatic rings. The Morgan fingerprint density at radius 1 is 1.04 bits per heavy atom. The molecule has 1 radical (unpaired) electrons. The van der Waals surface area contributed by atoms with E-state index >= 15 is 0 Å². The van der Waals surface area contributed by atoms with Gasteiger partial charge >= 0.3 is 0 Å². The monoisotopic (exact) mass is 399 g/mol. The Morgan fingerprint density at radius 3 is 2.61 bits per heavy atom. The van der Waals surface area contributed by atoms with Gasteiger partial charge in [0.2, 0.25) is 10.0 Å². The molecule has 0 aromatic heterocycles. The van der Waals surface area contributed by atoms with Crippen LogP contribution in [0.2, 0.25) is 0 Å². The molecular formula is C21H27N4O2S. The van der Waals surface area contributed by atoms with Crippen molar-refractivity contribution in [1.29, 1.82) is 0 Å². The number of piperazine rings is 2. The number of nitrogens with one attached hydrogen (secondary N) is 2. The van der Waals surface area contributed by atoms with E-state index < -0.39 is 10.0 Å². The van der Waals surface area contributed by atoms with Gasteiger partial charge in [-0.2, -0.15) is 4.31 Å². The first-order chi connectivity index (χ1) is 13.6. The second kappa shape index (κ2) is 8.31. The fourth-order valence-electron chi connectivity index (χ4n) is 3.99. The molecule has 28 heavy (non-hydrogen) atoms. The molecule has 0 saturated carbocycles. The summed E-state index contributed by atoms with van der Waals surface area (Å²) in [7, 11) is -3.64. The highest BCUT2D eigenvalue weighted by Gasteiger charge is 2.38. The van der Waals surface area contributed by atoms with E-state index in [9.17, 15) is 8.42 Å². The summed E-state index contributed by atoms with van der Waals surface area (Å²) in [6.45, 7) is 8.86. The molecule has 4 rings (SSSR count). The van der Waals surface area contributed by atoms with Crippen LogP contribution in [0.15, 0.2) is 53.9 Å². The maximum atomic E-state index is 13.7. The first-order valence-corrected chi connectivity index (χ1v) is 11.2. The predicted molar refractivity (Wildman–Crippen MR) is 112 cm³/mol. The molecule has 0 amide bonds. The number of sulfonamides is 1. The molecule has 0 spiro atoms. The van der Waals surface area contributed by atoms with Crippen molar-refractivity contribution in [3.8, 4) is 0 Å². The molecule has 0 aliphatic carbocycles. The first kappa shape index (κ1) is 19.5. The van der Waals surface area contributed by atoms with Crippen LogP contribution in [0, 0.1) is 6.17 Å². The lowest BCUT2D eigenvalue weighted by atomic mass is 10.1. The Morgan fingerprint density at radius 2 is 1.82 bits per heavy atom. The maximum absolute atomic E-state index is 13.7. The summed E-state index contributed by atoms with van der Waals surface area (Å²) < 4.78 is 29.0. The van der Waals surface area contributed by atoms with Gasteiger partial charge in [0.05, 0.1) is 4.90 Å². The van der Waals surface area contributed by atoms with E-state index in [2.05, 4.69) is 28.2 Å². The maximum Gasteiger partial charge on any atom is 0.245 e. The molecule has 7 heteroatoms. The van der Waals surface area contributed by atoms with Gasteiger partial charge in [-0.15, -0.1) is 6.58 Å². The van der Waals surface area contributed by atoms with Gasteiger partial charge in [-0.3, -0.25) is 4.90 Å². The number of fused-ring (bicyclic) bond motifs is 1. The minimum absolute atomic E-state index is 0.379. The van der Waals surface area contributed by atoms with Gasteiger partial charge in [0.1, 0.15) is 6.17 Å². The minimum atomic E-state index is -3.64. The molecule has 2 aromatic carbocycles. The smallest absolute Gasteiger partial charge is 0.245 e. The van der Waals surface area contributed by atoms with Crippen molar-refractivity contribution in [2.24, 2.45) is 0 Å². The van der Waals surface area contributed by atoms with Crippen molar-refractivity contribution in [3.05, 3.63) is 60.8 Å². The van der Waals surface area contributed by atoms with Crippen LogP contribution in [0.1, 0.15) is 5.56 Å². The highest BCUT2D eigenvalue weighted by Crippen LogP contribution is 2.31. The average Bonchev–Trinajstić information content (AvgIpc) is 2.74. The molecule has 2 aliphatic heterocycles. The van der Waals surface area contributed by atoms with E-state index in [1.807, 2.05) is 30.3 Å².